The van der Waals surface area contributed by atoms with Gasteiger partial charge in [-0.15, -0.1) is 11.3 Å². The van der Waals surface area contributed by atoms with Crippen molar-refractivity contribution in [3.05, 3.63) is 23.2 Å². The monoisotopic (exact) mass is 278 g/mol. The molecule has 2 aromatic rings. The third-order valence-electron chi connectivity index (χ3n) is 2.95. The van der Waals surface area contributed by atoms with Crippen LogP contribution in [0.4, 0.5) is 0 Å². The summed E-state index contributed by atoms with van der Waals surface area (Å²) in [7, 11) is 1.68. The maximum atomic E-state index is 6.21. The molecular formula is C15H22N2OS. The van der Waals surface area contributed by atoms with Crippen molar-refractivity contribution in [1.82, 2.24) is 4.98 Å². The maximum absolute atomic E-state index is 6.21. The molecule has 0 amide bonds. The van der Waals surface area contributed by atoms with Crippen LogP contribution in [0.1, 0.15) is 32.2 Å². The number of fused-ring (bicyclic) bond motifs is 1. The first-order chi connectivity index (χ1) is 8.87. The van der Waals surface area contributed by atoms with Gasteiger partial charge in [-0.1, -0.05) is 20.8 Å². The zero-order chi connectivity index (χ0) is 14.0. The standard InChI is InChI=1S/C15H22N2OS/c1-15(2,3)9-10(16)7-14-17-12-6-5-11(18-4)8-13(12)19-14/h5-6,8,10H,7,9,16H2,1-4H3. The molecule has 1 aromatic carbocycles. The van der Waals surface area contributed by atoms with Crippen molar-refractivity contribution < 1.29 is 4.74 Å². The Morgan fingerprint density at radius 2 is 2.11 bits per heavy atom. The number of rotatable bonds is 4. The maximum Gasteiger partial charge on any atom is 0.120 e. The number of nitrogens with two attached hydrogens (primary N) is 1. The molecule has 0 bridgehead atoms. The van der Waals surface area contributed by atoms with E-state index in [0.717, 1.165) is 33.8 Å². The van der Waals surface area contributed by atoms with E-state index in [-0.39, 0.29) is 11.5 Å². The van der Waals surface area contributed by atoms with Crippen molar-refractivity contribution in [3.8, 4) is 5.75 Å². The van der Waals surface area contributed by atoms with Crippen LogP contribution >= 0.6 is 11.3 Å². The second-order valence-electron chi connectivity index (χ2n) is 6.17. The van der Waals surface area contributed by atoms with Crippen LogP contribution in [-0.2, 0) is 6.42 Å². The number of benzene rings is 1. The molecule has 4 heteroatoms. The van der Waals surface area contributed by atoms with E-state index >= 15 is 0 Å². The van der Waals surface area contributed by atoms with Crippen LogP contribution in [0.25, 0.3) is 10.2 Å². The molecule has 0 fully saturated rings. The summed E-state index contributed by atoms with van der Waals surface area (Å²) in [6.45, 7) is 6.65. The third kappa shape index (κ3) is 3.91. The van der Waals surface area contributed by atoms with Crippen molar-refractivity contribution >= 4 is 21.6 Å². The van der Waals surface area contributed by atoms with Gasteiger partial charge in [0, 0.05) is 12.5 Å². The van der Waals surface area contributed by atoms with Gasteiger partial charge in [0.2, 0.25) is 0 Å². The van der Waals surface area contributed by atoms with Gasteiger partial charge in [-0.3, -0.25) is 0 Å². The molecule has 2 rings (SSSR count). The van der Waals surface area contributed by atoms with Gasteiger partial charge >= 0.3 is 0 Å². The van der Waals surface area contributed by atoms with Gasteiger partial charge in [0.05, 0.1) is 22.3 Å². The van der Waals surface area contributed by atoms with Gasteiger partial charge in [0.1, 0.15) is 5.75 Å². The van der Waals surface area contributed by atoms with Crippen molar-refractivity contribution in [2.45, 2.75) is 39.7 Å². The van der Waals surface area contributed by atoms with Gasteiger partial charge in [0.15, 0.2) is 0 Å². The van der Waals surface area contributed by atoms with Crippen molar-refractivity contribution in [2.75, 3.05) is 7.11 Å². The summed E-state index contributed by atoms with van der Waals surface area (Å²) in [6, 6.07) is 6.15. The second kappa shape index (κ2) is 5.47. The Labute approximate surface area is 118 Å². The fraction of sp³-hybridized carbons (Fsp3) is 0.533. The number of hydrogen-bond donors (Lipinski definition) is 1. The van der Waals surface area contributed by atoms with Gasteiger partial charge in [-0.25, -0.2) is 4.98 Å². The highest BCUT2D eigenvalue weighted by Gasteiger charge is 2.17. The number of methoxy groups -OCH3 is 1. The lowest BCUT2D eigenvalue weighted by molar-refractivity contribution is 0.338. The van der Waals surface area contributed by atoms with Crippen molar-refractivity contribution in [1.29, 1.82) is 0 Å². The lowest BCUT2D eigenvalue weighted by atomic mass is 9.87. The number of ether oxygens (including phenoxy) is 1. The van der Waals surface area contributed by atoms with Crippen LogP contribution in [0.5, 0.6) is 5.75 Å². The molecular weight excluding hydrogens is 256 g/mol. The minimum absolute atomic E-state index is 0.169. The highest BCUT2D eigenvalue weighted by atomic mass is 32.1. The molecule has 0 aliphatic carbocycles. The van der Waals surface area contributed by atoms with E-state index in [0.29, 0.717) is 0 Å². The summed E-state index contributed by atoms with van der Waals surface area (Å²) in [6.07, 6.45) is 1.85. The zero-order valence-corrected chi connectivity index (χ0v) is 12.9. The quantitative estimate of drug-likeness (QED) is 0.929. The predicted molar refractivity (Wildman–Crippen MR) is 81.9 cm³/mol. The molecule has 3 nitrogen and oxygen atoms in total. The average Bonchev–Trinajstić information content (AvgIpc) is 2.66. The van der Waals surface area contributed by atoms with Crippen LogP contribution in [0.3, 0.4) is 0 Å². The van der Waals surface area contributed by atoms with Crippen LogP contribution in [0, 0.1) is 5.41 Å². The summed E-state index contributed by atoms with van der Waals surface area (Å²) >= 11 is 1.71. The molecule has 0 saturated heterocycles. The highest BCUT2D eigenvalue weighted by molar-refractivity contribution is 7.18. The molecule has 19 heavy (non-hydrogen) atoms. The second-order valence-corrected chi connectivity index (χ2v) is 7.29. The normalized spacial score (nSPS) is 13.7. The average molecular weight is 278 g/mol. The summed E-state index contributed by atoms with van der Waals surface area (Å²) in [5.41, 5.74) is 7.51. The Balaban J connectivity index is 2.13. The van der Waals surface area contributed by atoms with E-state index in [1.807, 2.05) is 18.2 Å². The van der Waals surface area contributed by atoms with Gasteiger partial charge in [-0.05, 0) is 30.0 Å². The van der Waals surface area contributed by atoms with E-state index in [2.05, 4.69) is 25.8 Å². The molecule has 1 atom stereocenters. The number of aromatic nitrogens is 1. The molecule has 0 spiro atoms. The van der Waals surface area contributed by atoms with E-state index in [9.17, 15) is 0 Å². The van der Waals surface area contributed by atoms with E-state index < -0.39 is 0 Å². The van der Waals surface area contributed by atoms with Crippen LogP contribution in [0.15, 0.2) is 18.2 Å². The zero-order valence-electron chi connectivity index (χ0n) is 12.1. The smallest absolute Gasteiger partial charge is 0.120 e. The third-order valence-corrected chi connectivity index (χ3v) is 3.99. The Bertz CT molecular complexity index is 557. The van der Waals surface area contributed by atoms with Gasteiger partial charge in [0.25, 0.3) is 0 Å². The van der Waals surface area contributed by atoms with Crippen molar-refractivity contribution in [2.24, 2.45) is 11.1 Å². The molecule has 1 heterocycles. The molecule has 1 unspecified atom stereocenters. The molecule has 2 N–H and O–H groups in total. The fourth-order valence-electron chi connectivity index (χ4n) is 2.25. The molecule has 0 aliphatic heterocycles. The predicted octanol–water partition coefficient (Wildman–Crippen LogP) is 3.61. The first kappa shape index (κ1) is 14.3. The largest absolute Gasteiger partial charge is 0.497 e. The molecule has 1 aromatic heterocycles. The summed E-state index contributed by atoms with van der Waals surface area (Å²) in [5.74, 6) is 0.877. The van der Waals surface area contributed by atoms with Gasteiger partial charge in [-0.2, -0.15) is 0 Å². The number of hydrogen-bond acceptors (Lipinski definition) is 4. The fourth-order valence-corrected chi connectivity index (χ4v) is 3.34. The SMILES string of the molecule is COc1ccc2nc(CC(N)CC(C)(C)C)sc2c1. The molecule has 0 radical (unpaired) electrons. The Morgan fingerprint density at radius 1 is 1.37 bits per heavy atom. The minimum Gasteiger partial charge on any atom is -0.497 e. The summed E-state index contributed by atoms with van der Waals surface area (Å²) in [5, 5.41) is 1.11. The van der Waals surface area contributed by atoms with Crippen LogP contribution in [-0.4, -0.2) is 18.1 Å². The molecule has 0 aliphatic rings. The van der Waals surface area contributed by atoms with Gasteiger partial charge < -0.3 is 10.5 Å². The van der Waals surface area contributed by atoms with E-state index in [1.54, 1.807) is 18.4 Å². The Morgan fingerprint density at radius 3 is 2.74 bits per heavy atom. The topological polar surface area (TPSA) is 48.1 Å². The van der Waals surface area contributed by atoms with Crippen LogP contribution < -0.4 is 10.5 Å². The lowest BCUT2D eigenvalue weighted by Crippen LogP contribution is -2.28. The molecule has 104 valence electrons. The first-order valence-corrected chi connectivity index (χ1v) is 7.38. The Kier molecular flexibility index (Phi) is 4.11. The summed E-state index contributed by atoms with van der Waals surface area (Å²) < 4.78 is 6.40. The number of thiazole rings is 1. The van der Waals surface area contributed by atoms with Crippen molar-refractivity contribution in [3.63, 3.8) is 0 Å². The number of nitrogens with zero attached hydrogens (tertiary/aromatic N) is 1. The lowest BCUT2D eigenvalue weighted by Gasteiger charge is -2.22. The first-order valence-electron chi connectivity index (χ1n) is 6.56. The van der Waals surface area contributed by atoms with Crippen LogP contribution in [0.2, 0.25) is 0 Å². The summed E-state index contributed by atoms with van der Waals surface area (Å²) in [4.78, 5) is 4.64. The minimum atomic E-state index is 0.169. The van der Waals surface area contributed by atoms with E-state index in [1.165, 1.54) is 0 Å². The highest BCUT2D eigenvalue weighted by Crippen LogP contribution is 2.28. The molecule has 0 saturated carbocycles. The van der Waals surface area contributed by atoms with E-state index in [4.69, 9.17) is 10.5 Å². The Hall–Kier alpha value is -1.13.